The van der Waals surface area contributed by atoms with E-state index in [9.17, 15) is 5.11 Å². The lowest BCUT2D eigenvalue weighted by Crippen LogP contribution is -2.29. The van der Waals surface area contributed by atoms with E-state index in [0.29, 0.717) is 11.2 Å². The van der Waals surface area contributed by atoms with Crippen molar-refractivity contribution in [1.29, 1.82) is 0 Å². The molecule has 0 saturated heterocycles. The summed E-state index contributed by atoms with van der Waals surface area (Å²) >= 11 is 7.06. The van der Waals surface area contributed by atoms with Crippen LogP contribution >= 0.6 is 31.9 Å². The van der Waals surface area contributed by atoms with Crippen LogP contribution in [0.2, 0.25) is 0 Å². The maximum absolute atomic E-state index is 11.1. The van der Waals surface area contributed by atoms with Crippen molar-refractivity contribution in [3.63, 3.8) is 0 Å². The minimum absolute atomic E-state index is 0.194. The summed E-state index contributed by atoms with van der Waals surface area (Å²) in [5.41, 5.74) is 3.58. The Bertz CT molecular complexity index is 1350. The maximum Gasteiger partial charge on any atom is 0.281 e. The highest BCUT2D eigenvalue weighted by molar-refractivity contribution is 9.13. The van der Waals surface area contributed by atoms with Crippen molar-refractivity contribution in [3.05, 3.63) is 75.9 Å². The zero-order valence-electron chi connectivity index (χ0n) is 13.9. The average molecular weight is 482 g/mol. The monoisotopic (exact) mass is 480 g/mol. The van der Waals surface area contributed by atoms with Crippen LogP contribution in [0, 0.1) is 0 Å². The van der Waals surface area contributed by atoms with Crippen molar-refractivity contribution in [2.45, 2.75) is 0 Å². The number of hydrogen-bond donors (Lipinski definition) is 1. The number of rotatable bonds is 1. The second-order valence-electron chi connectivity index (χ2n) is 6.20. The second-order valence-corrected chi connectivity index (χ2v) is 7.91. The summed E-state index contributed by atoms with van der Waals surface area (Å²) in [5, 5.41) is 12.7. The molecule has 130 valence electrons. The van der Waals surface area contributed by atoms with Gasteiger partial charge in [-0.15, -0.1) is 0 Å². The van der Waals surface area contributed by atoms with E-state index in [4.69, 9.17) is 9.97 Å². The van der Waals surface area contributed by atoms with Crippen molar-refractivity contribution < 1.29 is 9.67 Å². The molecule has 0 aliphatic carbocycles. The first-order valence-electron chi connectivity index (χ1n) is 8.30. The highest BCUT2D eigenvalue weighted by Gasteiger charge is 2.24. The Kier molecular flexibility index (Phi) is 3.84. The van der Waals surface area contributed by atoms with Gasteiger partial charge in [0.15, 0.2) is 23.7 Å². The minimum atomic E-state index is 0.194. The van der Waals surface area contributed by atoms with Crippen LogP contribution in [0.25, 0.3) is 38.5 Å². The number of aromatic hydroxyl groups is 1. The first-order valence-corrected chi connectivity index (χ1v) is 9.89. The molecule has 6 heteroatoms. The lowest BCUT2D eigenvalue weighted by molar-refractivity contribution is -0.594. The van der Waals surface area contributed by atoms with E-state index in [2.05, 4.69) is 31.9 Å². The SMILES string of the molecule is Oc1c(-[n+]2ccccc2)c2nc3cc(Br)c(Br)cc3nc2c2ccccc12. The van der Waals surface area contributed by atoms with E-state index in [1.807, 2.05) is 71.6 Å². The summed E-state index contributed by atoms with van der Waals surface area (Å²) in [4.78, 5) is 9.77. The molecule has 0 atom stereocenters. The van der Waals surface area contributed by atoms with Crippen molar-refractivity contribution in [2.24, 2.45) is 0 Å². The molecular weight excluding hydrogens is 470 g/mol. The van der Waals surface area contributed by atoms with Gasteiger partial charge in [0.2, 0.25) is 0 Å². The standard InChI is InChI=1S/C21H11Br2N3O/c22-14-10-16-17(11-15(14)23)25-19-18(24-16)12-6-2-3-7-13(12)21(27)20(19)26-8-4-1-5-9-26/h1-11H/p+1. The Labute approximate surface area is 171 Å². The smallest absolute Gasteiger partial charge is 0.281 e. The Morgan fingerprint density at radius 2 is 1.33 bits per heavy atom. The number of benzene rings is 3. The highest BCUT2D eigenvalue weighted by Crippen LogP contribution is 2.37. The fourth-order valence-corrected chi connectivity index (χ4v) is 4.00. The summed E-state index contributed by atoms with van der Waals surface area (Å²) in [7, 11) is 0. The fraction of sp³-hybridized carbons (Fsp3) is 0. The van der Waals surface area contributed by atoms with Gasteiger partial charge >= 0.3 is 0 Å². The topological polar surface area (TPSA) is 49.9 Å². The van der Waals surface area contributed by atoms with Crippen LogP contribution in [0.15, 0.2) is 75.9 Å². The molecular formula is C21H12Br2N3O+. The molecule has 3 aromatic carbocycles. The third-order valence-corrected chi connectivity index (χ3v) is 6.41. The lowest BCUT2D eigenvalue weighted by Gasteiger charge is -2.10. The molecule has 0 aliphatic heterocycles. The predicted octanol–water partition coefficient (Wildman–Crippen LogP) is 5.44. The van der Waals surface area contributed by atoms with Crippen LogP contribution in [0.4, 0.5) is 0 Å². The molecule has 0 radical (unpaired) electrons. The van der Waals surface area contributed by atoms with Gasteiger partial charge in [0.05, 0.1) is 11.0 Å². The highest BCUT2D eigenvalue weighted by atomic mass is 79.9. The van der Waals surface area contributed by atoms with Crippen LogP contribution in [-0.4, -0.2) is 15.1 Å². The zero-order valence-corrected chi connectivity index (χ0v) is 17.1. The van der Waals surface area contributed by atoms with Gasteiger partial charge in [-0.05, 0) is 44.0 Å². The molecule has 0 spiro atoms. The Hall–Kier alpha value is -2.57. The van der Waals surface area contributed by atoms with E-state index in [-0.39, 0.29) is 5.75 Å². The number of halogens is 2. The predicted molar refractivity (Wildman–Crippen MR) is 113 cm³/mol. The molecule has 0 unspecified atom stereocenters. The molecule has 1 N–H and O–H groups in total. The molecule has 27 heavy (non-hydrogen) atoms. The zero-order chi connectivity index (χ0) is 18.5. The Morgan fingerprint density at radius 3 is 2.00 bits per heavy atom. The third-order valence-electron chi connectivity index (χ3n) is 4.57. The minimum Gasteiger partial charge on any atom is -0.502 e. The van der Waals surface area contributed by atoms with E-state index >= 15 is 0 Å². The number of pyridine rings is 1. The average Bonchev–Trinajstić information content (AvgIpc) is 2.69. The quantitative estimate of drug-likeness (QED) is 0.197. The molecule has 2 aromatic heterocycles. The van der Waals surface area contributed by atoms with E-state index in [0.717, 1.165) is 36.3 Å². The molecule has 0 bridgehead atoms. The number of fused-ring (bicyclic) bond motifs is 4. The van der Waals surface area contributed by atoms with Gasteiger partial charge in [-0.25, -0.2) is 9.97 Å². The number of nitrogens with zero attached hydrogens (tertiary/aromatic N) is 3. The van der Waals surface area contributed by atoms with Crippen molar-refractivity contribution >= 4 is 64.7 Å². The van der Waals surface area contributed by atoms with Crippen LogP contribution in [-0.2, 0) is 0 Å². The van der Waals surface area contributed by atoms with Crippen LogP contribution in [0.1, 0.15) is 0 Å². The van der Waals surface area contributed by atoms with Gasteiger partial charge in [-0.1, -0.05) is 30.3 Å². The van der Waals surface area contributed by atoms with Gasteiger partial charge in [0.25, 0.3) is 5.69 Å². The normalized spacial score (nSPS) is 11.5. The first kappa shape index (κ1) is 16.6. The van der Waals surface area contributed by atoms with Gasteiger partial charge in [0.1, 0.15) is 5.52 Å². The second kappa shape index (κ2) is 6.25. The summed E-state index contributed by atoms with van der Waals surface area (Å²) in [5.74, 6) is 0.194. The van der Waals surface area contributed by atoms with Crippen molar-refractivity contribution in [3.8, 4) is 11.4 Å². The van der Waals surface area contributed by atoms with Gasteiger partial charge in [-0.3, -0.25) is 0 Å². The van der Waals surface area contributed by atoms with Crippen LogP contribution < -0.4 is 4.57 Å². The van der Waals surface area contributed by atoms with Crippen LogP contribution in [0.3, 0.4) is 0 Å². The molecule has 0 saturated carbocycles. The van der Waals surface area contributed by atoms with Crippen molar-refractivity contribution in [1.82, 2.24) is 9.97 Å². The van der Waals surface area contributed by atoms with E-state index < -0.39 is 0 Å². The number of aromatic nitrogens is 3. The number of phenols is 1. The van der Waals surface area contributed by atoms with E-state index in [1.165, 1.54) is 0 Å². The Morgan fingerprint density at radius 1 is 0.741 bits per heavy atom. The van der Waals surface area contributed by atoms with E-state index in [1.54, 1.807) is 0 Å². The summed E-state index contributed by atoms with van der Waals surface area (Å²) in [6, 6.07) is 17.4. The fourth-order valence-electron chi connectivity index (χ4n) is 3.33. The molecule has 4 nitrogen and oxygen atoms in total. The Balaban J connectivity index is 2.04. The molecule has 2 heterocycles. The molecule has 5 rings (SSSR count). The summed E-state index contributed by atoms with van der Waals surface area (Å²) in [6.07, 6.45) is 3.79. The molecule has 0 aliphatic rings. The molecule has 0 fully saturated rings. The summed E-state index contributed by atoms with van der Waals surface area (Å²) < 4.78 is 3.70. The maximum atomic E-state index is 11.1. The third kappa shape index (κ3) is 2.59. The largest absolute Gasteiger partial charge is 0.502 e. The lowest BCUT2D eigenvalue weighted by atomic mass is 10.0. The van der Waals surface area contributed by atoms with Gasteiger partial charge in [0, 0.05) is 31.9 Å². The summed E-state index contributed by atoms with van der Waals surface area (Å²) in [6.45, 7) is 0. The molecule has 0 amide bonds. The number of hydrogen-bond acceptors (Lipinski definition) is 3. The van der Waals surface area contributed by atoms with Crippen molar-refractivity contribution in [2.75, 3.05) is 0 Å². The first-order chi connectivity index (χ1) is 13.1. The van der Waals surface area contributed by atoms with Crippen LogP contribution in [0.5, 0.6) is 5.75 Å². The molecule has 5 aromatic rings. The van der Waals surface area contributed by atoms with Gasteiger partial charge in [-0.2, -0.15) is 4.57 Å². The number of phenolic OH excluding ortho intramolecular Hbond substituents is 1. The van der Waals surface area contributed by atoms with Gasteiger partial charge < -0.3 is 5.11 Å².